The quantitative estimate of drug-likeness (QED) is 0.900. The van der Waals surface area contributed by atoms with Crippen molar-refractivity contribution in [1.29, 1.82) is 0 Å². The molecule has 2 heterocycles. The first kappa shape index (κ1) is 14.2. The topological polar surface area (TPSA) is 15.3 Å². The number of hydrogen-bond donors (Lipinski definition) is 1. The summed E-state index contributed by atoms with van der Waals surface area (Å²) in [7, 11) is 0. The first-order valence-corrected chi connectivity index (χ1v) is 8.34. The number of benzene rings is 1. The number of nitrogens with zero attached hydrogens (tertiary/aromatic N) is 1. The molecule has 0 radical (unpaired) electrons. The molecule has 2 bridgehead atoms. The predicted molar refractivity (Wildman–Crippen MR) is 86.8 cm³/mol. The average Bonchev–Trinajstić information content (AvgIpc) is 2.41. The fraction of sp³-hybridized carbons (Fsp3) is 0.647. The number of piperidine rings is 2. The highest BCUT2D eigenvalue weighted by Gasteiger charge is 2.38. The Balaban J connectivity index is 1.88. The Bertz CT molecular complexity index is 460. The molecule has 3 rings (SSSR count). The van der Waals surface area contributed by atoms with Crippen LogP contribution >= 0.6 is 11.6 Å². The Labute approximate surface area is 127 Å². The van der Waals surface area contributed by atoms with Gasteiger partial charge in [0.2, 0.25) is 0 Å². The van der Waals surface area contributed by atoms with Crippen molar-refractivity contribution in [3.63, 3.8) is 0 Å². The highest BCUT2D eigenvalue weighted by atomic mass is 35.5. The van der Waals surface area contributed by atoms with Gasteiger partial charge in [0, 0.05) is 18.1 Å². The van der Waals surface area contributed by atoms with E-state index in [1.165, 1.54) is 43.4 Å². The summed E-state index contributed by atoms with van der Waals surface area (Å²) in [6.07, 6.45) is 6.50. The van der Waals surface area contributed by atoms with Crippen molar-refractivity contribution in [2.24, 2.45) is 0 Å². The Morgan fingerprint density at radius 2 is 1.95 bits per heavy atom. The molecule has 2 aliphatic heterocycles. The molecule has 2 nitrogen and oxygen atoms in total. The van der Waals surface area contributed by atoms with Crippen LogP contribution in [0.5, 0.6) is 0 Å². The molecular formula is C17H25ClN2. The second-order valence-electron chi connectivity index (χ2n) is 6.33. The summed E-state index contributed by atoms with van der Waals surface area (Å²) in [5.74, 6) is 0. The predicted octanol–water partition coefficient (Wildman–Crippen LogP) is 4.15. The molecule has 0 amide bonds. The Morgan fingerprint density at radius 3 is 2.60 bits per heavy atom. The molecule has 0 aliphatic carbocycles. The van der Waals surface area contributed by atoms with Gasteiger partial charge >= 0.3 is 0 Å². The molecule has 3 heteroatoms. The molecule has 2 saturated heterocycles. The maximum absolute atomic E-state index is 6.48. The number of hydrogen-bond acceptors (Lipinski definition) is 2. The third-order valence-corrected chi connectivity index (χ3v) is 5.17. The SMILES string of the molecule is CCNC1CC2CCCC(C1)N2c1cc(C)ccc1Cl. The van der Waals surface area contributed by atoms with E-state index in [2.05, 4.69) is 42.3 Å². The molecule has 0 saturated carbocycles. The van der Waals surface area contributed by atoms with Gasteiger partial charge in [-0.15, -0.1) is 0 Å². The van der Waals surface area contributed by atoms with Crippen LogP contribution < -0.4 is 10.2 Å². The lowest BCUT2D eigenvalue weighted by atomic mass is 9.81. The zero-order valence-electron chi connectivity index (χ0n) is 12.5. The largest absolute Gasteiger partial charge is 0.364 e. The van der Waals surface area contributed by atoms with E-state index in [1.807, 2.05) is 0 Å². The van der Waals surface area contributed by atoms with E-state index < -0.39 is 0 Å². The number of anilines is 1. The van der Waals surface area contributed by atoms with Gasteiger partial charge in [0.25, 0.3) is 0 Å². The van der Waals surface area contributed by atoms with E-state index in [-0.39, 0.29) is 0 Å². The Hall–Kier alpha value is -0.730. The zero-order valence-corrected chi connectivity index (χ0v) is 13.3. The van der Waals surface area contributed by atoms with Gasteiger partial charge < -0.3 is 10.2 Å². The molecule has 110 valence electrons. The lowest BCUT2D eigenvalue weighted by molar-refractivity contribution is 0.247. The maximum atomic E-state index is 6.48. The van der Waals surface area contributed by atoms with E-state index in [1.54, 1.807) is 0 Å². The molecule has 1 aromatic rings. The maximum Gasteiger partial charge on any atom is 0.0639 e. The molecule has 2 aliphatic rings. The number of nitrogens with one attached hydrogen (secondary N) is 1. The fourth-order valence-corrected chi connectivity index (χ4v) is 4.27. The van der Waals surface area contributed by atoms with Crippen LogP contribution in [0, 0.1) is 6.92 Å². The molecule has 2 unspecified atom stereocenters. The molecular weight excluding hydrogens is 268 g/mol. The van der Waals surface area contributed by atoms with Crippen LogP contribution in [0.2, 0.25) is 5.02 Å². The molecule has 2 atom stereocenters. The third-order valence-electron chi connectivity index (χ3n) is 4.85. The number of fused-ring (bicyclic) bond motifs is 2. The summed E-state index contributed by atoms with van der Waals surface area (Å²) in [6.45, 7) is 5.44. The van der Waals surface area contributed by atoms with Gasteiger partial charge in [0.05, 0.1) is 10.7 Å². The van der Waals surface area contributed by atoms with Crippen LogP contribution in [0.15, 0.2) is 18.2 Å². The van der Waals surface area contributed by atoms with Crippen molar-refractivity contribution in [1.82, 2.24) is 5.32 Å². The minimum absolute atomic E-state index is 0.658. The van der Waals surface area contributed by atoms with Crippen LogP contribution in [0.3, 0.4) is 0 Å². The van der Waals surface area contributed by atoms with Crippen molar-refractivity contribution >= 4 is 17.3 Å². The minimum atomic E-state index is 0.658. The molecule has 2 fully saturated rings. The summed E-state index contributed by atoms with van der Waals surface area (Å²) in [5, 5.41) is 4.56. The molecule has 1 aromatic carbocycles. The fourth-order valence-electron chi connectivity index (χ4n) is 4.05. The monoisotopic (exact) mass is 292 g/mol. The van der Waals surface area contributed by atoms with E-state index in [0.717, 1.165) is 11.6 Å². The summed E-state index contributed by atoms with van der Waals surface area (Å²) in [5.41, 5.74) is 2.56. The van der Waals surface area contributed by atoms with Crippen LogP contribution in [0.1, 0.15) is 44.6 Å². The van der Waals surface area contributed by atoms with Crippen LogP contribution in [-0.4, -0.2) is 24.7 Å². The standard InChI is InChI=1S/C17H25ClN2/c1-3-19-13-10-14-5-4-6-15(11-13)20(14)17-9-12(2)7-8-16(17)18/h7-9,13-15,19H,3-6,10-11H2,1-2H3. The van der Waals surface area contributed by atoms with Gasteiger partial charge in [-0.1, -0.05) is 24.6 Å². The first-order valence-electron chi connectivity index (χ1n) is 7.97. The van der Waals surface area contributed by atoms with Crippen LogP contribution in [0.25, 0.3) is 0 Å². The second-order valence-corrected chi connectivity index (χ2v) is 6.73. The molecule has 20 heavy (non-hydrogen) atoms. The van der Waals surface area contributed by atoms with Crippen molar-refractivity contribution in [2.45, 2.75) is 64.1 Å². The summed E-state index contributed by atoms with van der Waals surface area (Å²) < 4.78 is 0. The van der Waals surface area contributed by atoms with Gasteiger partial charge in [0.15, 0.2) is 0 Å². The average molecular weight is 293 g/mol. The van der Waals surface area contributed by atoms with Gasteiger partial charge in [-0.05, 0) is 63.3 Å². The van der Waals surface area contributed by atoms with Crippen molar-refractivity contribution < 1.29 is 0 Å². The van der Waals surface area contributed by atoms with Crippen LogP contribution in [-0.2, 0) is 0 Å². The van der Waals surface area contributed by atoms with Crippen LogP contribution in [0.4, 0.5) is 5.69 Å². The smallest absolute Gasteiger partial charge is 0.0639 e. The zero-order chi connectivity index (χ0) is 14.1. The summed E-state index contributed by atoms with van der Waals surface area (Å²) in [6, 6.07) is 8.43. The van der Waals surface area contributed by atoms with Crippen molar-refractivity contribution in [2.75, 3.05) is 11.4 Å². The third kappa shape index (κ3) is 2.68. The lowest BCUT2D eigenvalue weighted by Gasteiger charge is -2.50. The van der Waals surface area contributed by atoms with E-state index >= 15 is 0 Å². The lowest BCUT2D eigenvalue weighted by Crippen LogP contribution is -2.56. The van der Waals surface area contributed by atoms with E-state index in [0.29, 0.717) is 18.1 Å². The highest BCUT2D eigenvalue weighted by molar-refractivity contribution is 6.33. The molecule has 1 N–H and O–H groups in total. The summed E-state index contributed by atoms with van der Waals surface area (Å²) >= 11 is 6.48. The molecule has 0 spiro atoms. The van der Waals surface area contributed by atoms with Gasteiger partial charge in [0.1, 0.15) is 0 Å². The minimum Gasteiger partial charge on any atom is -0.364 e. The summed E-state index contributed by atoms with van der Waals surface area (Å²) in [4.78, 5) is 2.63. The second kappa shape index (κ2) is 5.95. The van der Waals surface area contributed by atoms with Crippen molar-refractivity contribution in [3.8, 4) is 0 Å². The van der Waals surface area contributed by atoms with E-state index in [9.17, 15) is 0 Å². The number of rotatable bonds is 3. The first-order chi connectivity index (χ1) is 9.69. The van der Waals surface area contributed by atoms with Crippen molar-refractivity contribution in [3.05, 3.63) is 28.8 Å². The van der Waals surface area contributed by atoms with E-state index in [4.69, 9.17) is 11.6 Å². The van der Waals surface area contributed by atoms with Gasteiger partial charge in [-0.2, -0.15) is 0 Å². The Kier molecular flexibility index (Phi) is 4.23. The number of aryl methyl sites for hydroxylation is 1. The normalized spacial score (nSPS) is 29.6. The Morgan fingerprint density at radius 1 is 1.25 bits per heavy atom. The molecule has 0 aromatic heterocycles. The highest BCUT2D eigenvalue weighted by Crippen LogP contribution is 2.40. The van der Waals surface area contributed by atoms with Gasteiger partial charge in [-0.3, -0.25) is 0 Å². The van der Waals surface area contributed by atoms with Gasteiger partial charge in [-0.25, -0.2) is 0 Å². The number of halogens is 1.